The van der Waals surface area contributed by atoms with Crippen LogP contribution in [0.15, 0.2) is 54.7 Å². The molecule has 3 aromatic rings. The van der Waals surface area contributed by atoms with Crippen molar-refractivity contribution in [2.75, 3.05) is 0 Å². The highest BCUT2D eigenvalue weighted by atomic mass is 35.5. The molecular formula is C18H13ClN2O2. The first-order valence-corrected chi connectivity index (χ1v) is 7.41. The van der Waals surface area contributed by atoms with Crippen LogP contribution in [-0.4, -0.2) is 11.1 Å². The van der Waals surface area contributed by atoms with E-state index in [2.05, 4.69) is 4.98 Å². The third-order valence-corrected chi connectivity index (χ3v) is 3.41. The number of halogens is 1. The first-order chi connectivity index (χ1) is 11.1. The molecule has 0 aliphatic rings. The molecule has 0 amide bonds. The highest BCUT2D eigenvalue weighted by molar-refractivity contribution is 6.31. The van der Waals surface area contributed by atoms with Gasteiger partial charge in [0.2, 0.25) is 0 Å². The van der Waals surface area contributed by atoms with Crippen molar-refractivity contribution < 1.29 is 9.47 Å². The molecule has 0 N–H and O–H groups in total. The van der Waals surface area contributed by atoms with E-state index in [1.165, 1.54) is 0 Å². The van der Waals surface area contributed by atoms with Crippen molar-refractivity contribution in [3.63, 3.8) is 0 Å². The summed E-state index contributed by atoms with van der Waals surface area (Å²) in [4.78, 5) is 4.34. The van der Waals surface area contributed by atoms with Crippen molar-refractivity contribution in [2.24, 2.45) is 0 Å². The highest BCUT2D eigenvalue weighted by Gasteiger charge is 2.04. The second-order valence-electron chi connectivity index (χ2n) is 4.97. The Balaban J connectivity index is 1.76. The fourth-order valence-corrected chi connectivity index (χ4v) is 2.25. The van der Waals surface area contributed by atoms with Gasteiger partial charge in [0, 0.05) is 10.4 Å². The van der Waals surface area contributed by atoms with E-state index in [1.807, 2.05) is 30.3 Å². The number of nitrogens with zero attached hydrogens (tertiary/aromatic N) is 2. The lowest BCUT2D eigenvalue weighted by Gasteiger charge is -2.09. The Bertz CT molecular complexity index is 872. The monoisotopic (exact) mass is 324 g/mol. The second-order valence-corrected chi connectivity index (χ2v) is 5.41. The molecule has 1 heterocycles. The first-order valence-electron chi connectivity index (χ1n) is 7.03. The number of rotatable bonds is 4. The van der Waals surface area contributed by atoms with E-state index in [0.717, 1.165) is 10.9 Å². The van der Waals surface area contributed by atoms with Gasteiger partial charge in [-0.25, -0.2) is 0 Å². The molecule has 0 saturated carbocycles. The van der Waals surface area contributed by atoms with Gasteiger partial charge in [-0.3, -0.25) is 4.98 Å². The Morgan fingerprint density at radius 2 is 1.78 bits per heavy atom. The summed E-state index contributed by atoms with van der Waals surface area (Å²) in [6.45, 7) is 1.69. The number of benzene rings is 2. The average Bonchev–Trinajstić information content (AvgIpc) is 2.56. The molecule has 5 heteroatoms. The van der Waals surface area contributed by atoms with Crippen LogP contribution >= 0.6 is 11.6 Å². The maximum Gasteiger partial charge on any atom is 0.181 e. The van der Waals surface area contributed by atoms with Gasteiger partial charge in [-0.15, -0.1) is 0 Å². The zero-order valence-corrected chi connectivity index (χ0v) is 13.1. The predicted octanol–water partition coefficient (Wildman–Crippen LogP) is 4.97. The number of nitriles is 1. The summed E-state index contributed by atoms with van der Waals surface area (Å²) in [5, 5.41) is 10.3. The molecule has 1 unspecified atom stereocenters. The number of ether oxygens (including phenoxy) is 2. The molecule has 0 saturated heterocycles. The third-order valence-electron chi connectivity index (χ3n) is 3.18. The van der Waals surface area contributed by atoms with Gasteiger partial charge in [0.15, 0.2) is 6.10 Å². The van der Waals surface area contributed by atoms with E-state index < -0.39 is 6.10 Å². The van der Waals surface area contributed by atoms with Gasteiger partial charge in [0.05, 0.1) is 11.7 Å². The summed E-state index contributed by atoms with van der Waals surface area (Å²) in [7, 11) is 0. The summed E-state index contributed by atoms with van der Waals surface area (Å²) < 4.78 is 11.2. The van der Waals surface area contributed by atoms with Crippen LogP contribution in [-0.2, 0) is 0 Å². The standard InChI is InChI=1S/C18H13ClN2O2/c1-12(10-20)22-15-4-6-16(7-5-15)23-17-8-13-2-3-14(19)9-18(13)21-11-17/h2-9,11-12H,1H3. The Hall–Kier alpha value is -2.77. The van der Waals surface area contributed by atoms with Gasteiger partial charge >= 0.3 is 0 Å². The largest absolute Gasteiger partial charge is 0.476 e. The minimum absolute atomic E-state index is 0.488. The normalized spacial score (nSPS) is 11.7. The van der Waals surface area contributed by atoms with Gasteiger partial charge in [0.1, 0.15) is 23.3 Å². The first kappa shape index (κ1) is 15.1. The zero-order valence-electron chi connectivity index (χ0n) is 12.4. The number of pyridine rings is 1. The molecule has 0 bridgehead atoms. The average molecular weight is 325 g/mol. The second kappa shape index (κ2) is 6.55. The zero-order chi connectivity index (χ0) is 16.2. The quantitative estimate of drug-likeness (QED) is 0.679. The molecule has 0 spiro atoms. The predicted molar refractivity (Wildman–Crippen MR) is 89.0 cm³/mol. The van der Waals surface area contributed by atoms with Crippen molar-refractivity contribution >= 4 is 22.5 Å². The van der Waals surface area contributed by atoms with Gasteiger partial charge in [-0.05, 0) is 49.4 Å². The molecule has 23 heavy (non-hydrogen) atoms. The van der Waals surface area contributed by atoms with Crippen molar-refractivity contribution in [1.82, 2.24) is 4.98 Å². The topological polar surface area (TPSA) is 55.1 Å². The van der Waals surface area contributed by atoms with Crippen LogP contribution in [0.4, 0.5) is 0 Å². The molecule has 114 valence electrons. The van der Waals surface area contributed by atoms with Crippen molar-refractivity contribution in [2.45, 2.75) is 13.0 Å². The Morgan fingerprint density at radius 1 is 1.04 bits per heavy atom. The minimum atomic E-state index is -0.488. The summed E-state index contributed by atoms with van der Waals surface area (Å²) in [5.41, 5.74) is 0.819. The molecule has 0 aliphatic heterocycles. The van der Waals surface area contributed by atoms with Crippen molar-refractivity contribution in [1.29, 1.82) is 5.26 Å². The van der Waals surface area contributed by atoms with E-state index in [0.29, 0.717) is 22.3 Å². The van der Waals surface area contributed by atoms with Gasteiger partial charge in [-0.1, -0.05) is 17.7 Å². The van der Waals surface area contributed by atoms with Gasteiger partial charge in [0.25, 0.3) is 0 Å². The summed E-state index contributed by atoms with van der Waals surface area (Å²) in [6.07, 6.45) is 1.17. The fourth-order valence-electron chi connectivity index (χ4n) is 2.08. The van der Waals surface area contributed by atoms with Crippen LogP contribution in [0.2, 0.25) is 5.02 Å². The lowest BCUT2D eigenvalue weighted by atomic mass is 10.2. The minimum Gasteiger partial charge on any atom is -0.476 e. The van der Waals surface area contributed by atoms with Crippen LogP contribution in [0, 0.1) is 11.3 Å². The molecule has 0 fully saturated rings. The van der Waals surface area contributed by atoms with Crippen LogP contribution in [0.25, 0.3) is 10.9 Å². The summed E-state index contributed by atoms with van der Waals surface area (Å²) in [6, 6.07) is 16.5. The molecule has 0 radical (unpaired) electrons. The SMILES string of the molecule is CC(C#N)Oc1ccc(Oc2cnc3cc(Cl)ccc3c2)cc1. The summed E-state index contributed by atoms with van der Waals surface area (Å²) in [5.74, 6) is 1.92. The molecule has 3 rings (SSSR count). The van der Waals surface area contributed by atoms with E-state index >= 15 is 0 Å². The van der Waals surface area contributed by atoms with E-state index in [9.17, 15) is 0 Å². The fraction of sp³-hybridized carbons (Fsp3) is 0.111. The Labute approximate surface area is 138 Å². The lowest BCUT2D eigenvalue weighted by Crippen LogP contribution is -2.07. The van der Waals surface area contributed by atoms with Crippen LogP contribution < -0.4 is 9.47 Å². The number of hydrogen-bond donors (Lipinski definition) is 0. The van der Waals surface area contributed by atoms with Crippen LogP contribution in [0.3, 0.4) is 0 Å². The van der Waals surface area contributed by atoms with E-state index in [4.69, 9.17) is 26.3 Å². The smallest absolute Gasteiger partial charge is 0.181 e. The van der Waals surface area contributed by atoms with Gasteiger partial charge < -0.3 is 9.47 Å². The Kier molecular flexibility index (Phi) is 4.31. The Morgan fingerprint density at radius 3 is 2.52 bits per heavy atom. The molecule has 0 aliphatic carbocycles. The lowest BCUT2D eigenvalue weighted by molar-refractivity contribution is 0.276. The summed E-state index contributed by atoms with van der Waals surface area (Å²) >= 11 is 5.95. The third kappa shape index (κ3) is 3.71. The maximum absolute atomic E-state index is 8.73. The highest BCUT2D eigenvalue weighted by Crippen LogP contribution is 2.27. The molecule has 1 atom stereocenters. The van der Waals surface area contributed by atoms with E-state index in [1.54, 1.807) is 37.4 Å². The number of aromatic nitrogens is 1. The van der Waals surface area contributed by atoms with Crippen LogP contribution in [0.1, 0.15) is 6.92 Å². The molecular weight excluding hydrogens is 312 g/mol. The number of hydrogen-bond acceptors (Lipinski definition) is 4. The van der Waals surface area contributed by atoms with Crippen molar-refractivity contribution in [3.8, 4) is 23.3 Å². The molecule has 1 aromatic heterocycles. The number of fused-ring (bicyclic) bond motifs is 1. The van der Waals surface area contributed by atoms with Crippen LogP contribution in [0.5, 0.6) is 17.2 Å². The van der Waals surface area contributed by atoms with Crippen molar-refractivity contribution in [3.05, 3.63) is 59.8 Å². The van der Waals surface area contributed by atoms with E-state index in [-0.39, 0.29) is 0 Å². The molecule has 4 nitrogen and oxygen atoms in total. The molecule has 2 aromatic carbocycles. The maximum atomic E-state index is 8.73. The van der Waals surface area contributed by atoms with Gasteiger partial charge in [-0.2, -0.15) is 5.26 Å².